The summed E-state index contributed by atoms with van der Waals surface area (Å²) in [5.74, 6) is 0. The standard InChI is InChI=1S/C8H13NO2/c1-11-8-4-2-3-7(5-8)9-6-10/h7-8H,2-5H2,1H3. The Kier molecular flexibility index (Phi) is 3.27. The topological polar surface area (TPSA) is 38.7 Å². The molecule has 0 aromatic carbocycles. The first kappa shape index (κ1) is 8.44. The molecule has 0 aliphatic heterocycles. The minimum atomic E-state index is 0.159. The van der Waals surface area contributed by atoms with E-state index in [1.807, 2.05) is 0 Å². The van der Waals surface area contributed by atoms with Gasteiger partial charge in [-0.15, -0.1) is 0 Å². The molecule has 3 nitrogen and oxygen atoms in total. The van der Waals surface area contributed by atoms with Crippen LogP contribution in [-0.2, 0) is 9.53 Å². The Morgan fingerprint density at radius 1 is 1.55 bits per heavy atom. The zero-order valence-corrected chi connectivity index (χ0v) is 6.75. The van der Waals surface area contributed by atoms with Crippen molar-refractivity contribution in [1.82, 2.24) is 0 Å². The van der Waals surface area contributed by atoms with Crippen LogP contribution in [0.3, 0.4) is 0 Å². The highest BCUT2D eigenvalue weighted by molar-refractivity contribution is 5.33. The molecule has 1 aliphatic carbocycles. The second kappa shape index (κ2) is 4.27. The van der Waals surface area contributed by atoms with Gasteiger partial charge >= 0.3 is 0 Å². The van der Waals surface area contributed by atoms with Crippen LogP contribution in [0.5, 0.6) is 0 Å². The molecule has 0 aromatic rings. The molecule has 1 saturated carbocycles. The molecule has 0 heterocycles. The maximum Gasteiger partial charge on any atom is 0.235 e. The molecule has 0 amide bonds. The molecule has 0 saturated heterocycles. The number of hydrogen-bond donors (Lipinski definition) is 0. The van der Waals surface area contributed by atoms with Gasteiger partial charge in [0.25, 0.3) is 0 Å². The van der Waals surface area contributed by atoms with E-state index in [4.69, 9.17) is 4.74 Å². The monoisotopic (exact) mass is 155 g/mol. The molecule has 1 aliphatic rings. The molecule has 11 heavy (non-hydrogen) atoms. The van der Waals surface area contributed by atoms with Gasteiger partial charge in [-0.05, 0) is 25.7 Å². The highest BCUT2D eigenvalue weighted by Gasteiger charge is 2.20. The Bertz CT molecular complexity index is 163. The molecule has 2 unspecified atom stereocenters. The van der Waals surface area contributed by atoms with Crippen LogP contribution in [0.1, 0.15) is 25.7 Å². The Labute approximate surface area is 66.5 Å². The van der Waals surface area contributed by atoms with Crippen LogP contribution in [0.15, 0.2) is 4.99 Å². The largest absolute Gasteiger partial charge is 0.381 e. The van der Waals surface area contributed by atoms with E-state index in [1.165, 1.54) is 0 Å². The number of nitrogens with zero attached hydrogens (tertiary/aromatic N) is 1. The lowest BCUT2D eigenvalue weighted by Crippen LogP contribution is -2.23. The first-order valence-electron chi connectivity index (χ1n) is 3.96. The summed E-state index contributed by atoms with van der Waals surface area (Å²) in [4.78, 5) is 13.6. The van der Waals surface area contributed by atoms with E-state index in [-0.39, 0.29) is 6.04 Å². The second-order valence-corrected chi connectivity index (χ2v) is 2.90. The molecule has 0 aromatic heterocycles. The zero-order chi connectivity index (χ0) is 8.10. The van der Waals surface area contributed by atoms with Crippen LogP contribution < -0.4 is 0 Å². The minimum absolute atomic E-state index is 0.159. The third-order valence-electron chi connectivity index (χ3n) is 2.17. The second-order valence-electron chi connectivity index (χ2n) is 2.90. The van der Waals surface area contributed by atoms with Gasteiger partial charge in [0.05, 0.1) is 12.1 Å². The van der Waals surface area contributed by atoms with Crippen molar-refractivity contribution in [3.8, 4) is 0 Å². The Hall–Kier alpha value is -0.660. The van der Waals surface area contributed by atoms with E-state index in [0.29, 0.717) is 6.10 Å². The molecule has 3 heteroatoms. The lowest BCUT2D eigenvalue weighted by Gasteiger charge is -2.24. The fourth-order valence-corrected chi connectivity index (χ4v) is 1.53. The van der Waals surface area contributed by atoms with Gasteiger partial charge in [0, 0.05) is 7.11 Å². The van der Waals surface area contributed by atoms with Gasteiger partial charge in [0.15, 0.2) is 0 Å². The van der Waals surface area contributed by atoms with Crippen LogP contribution in [0.4, 0.5) is 0 Å². The van der Waals surface area contributed by atoms with Crippen molar-refractivity contribution in [2.24, 2.45) is 4.99 Å². The van der Waals surface area contributed by atoms with Gasteiger partial charge in [-0.2, -0.15) is 0 Å². The van der Waals surface area contributed by atoms with Crippen LogP contribution in [0.2, 0.25) is 0 Å². The van der Waals surface area contributed by atoms with Gasteiger partial charge in [-0.1, -0.05) is 0 Å². The molecular weight excluding hydrogens is 142 g/mol. The SMILES string of the molecule is COC1CCCC(N=C=O)C1. The summed E-state index contributed by atoms with van der Waals surface area (Å²) < 4.78 is 5.18. The lowest BCUT2D eigenvalue weighted by molar-refractivity contribution is 0.0648. The van der Waals surface area contributed by atoms with Gasteiger partial charge in [0.2, 0.25) is 6.08 Å². The number of hydrogen-bond acceptors (Lipinski definition) is 3. The van der Waals surface area contributed by atoms with E-state index in [1.54, 1.807) is 13.2 Å². The predicted molar refractivity (Wildman–Crippen MR) is 41.2 cm³/mol. The molecule has 62 valence electrons. The van der Waals surface area contributed by atoms with Crippen molar-refractivity contribution in [3.05, 3.63) is 0 Å². The third kappa shape index (κ3) is 2.45. The smallest absolute Gasteiger partial charge is 0.235 e. The summed E-state index contributed by atoms with van der Waals surface area (Å²) in [6.45, 7) is 0. The highest BCUT2D eigenvalue weighted by Crippen LogP contribution is 2.22. The van der Waals surface area contributed by atoms with Crippen molar-refractivity contribution in [1.29, 1.82) is 0 Å². The Morgan fingerprint density at radius 2 is 2.36 bits per heavy atom. The fourth-order valence-electron chi connectivity index (χ4n) is 1.53. The average Bonchev–Trinajstić information content (AvgIpc) is 2.06. The molecule has 2 atom stereocenters. The molecular formula is C8H13NO2. The molecule has 1 fully saturated rings. The molecule has 0 bridgehead atoms. The first-order chi connectivity index (χ1) is 5.36. The molecule has 0 spiro atoms. The fraction of sp³-hybridized carbons (Fsp3) is 0.875. The van der Waals surface area contributed by atoms with E-state index in [2.05, 4.69) is 4.99 Å². The molecule has 0 N–H and O–H groups in total. The van der Waals surface area contributed by atoms with Crippen LogP contribution in [0.25, 0.3) is 0 Å². The molecule has 0 radical (unpaired) electrons. The van der Waals surface area contributed by atoms with Gasteiger partial charge in [0.1, 0.15) is 0 Å². The van der Waals surface area contributed by atoms with E-state index < -0.39 is 0 Å². The van der Waals surface area contributed by atoms with Gasteiger partial charge in [-0.3, -0.25) is 0 Å². The zero-order valence-electron chi connectivity index (χ0n) is 6.75. The van der Waals surface area contributed by atoms with E-state index in [0.717, 1.165) is 25.7 Å². The number of ether oxygens (including phenoxy) is 1. The van der Waals surface area contributed by atoms with Crippen molar-refractivity contribution < 1.29 is 9.53 Å². The first-order valence-corrected chi connectivity index (χ1v) is 3.96. The number of isocyanates is 1. The van der Waals surface area contributed by atoms with Crippen LogP contribution in [0, 0.1) is 0 Å². The van der Waals surface area contributed by atoms with E-state index in [9.17, 15) is 4.79 Å². The van der Waals surface area contributed by atoms with Gasteiger partial charge < -0.3 is 4.74 Å². The average molecular weight is 155 g/mol. The minimum Gasteiger partial charge on any atom is -0.381 e. The summed E-state index contributed by atoms with van der Waals surface area (Å²) in [5.41, 5.74) is 0. The quantitative estimate of drug-likeness (QED) is 0.445. The highest BCUT2D eigenvalue weighted by atomic mass is 16.5. The third-order valence-corrected chi connectivity index (χ3v) is 2.17. The van der Waals surface area contributed by atoms with Crippen molar-refractivity contribution in [2.45, 2.75) is 37.8 Å². The van der Waals surface area contributed by atoms with Gasteiger partial charge in [-0.25, -0.2) is 9.79 Å². The van der Waals surface area contributed by atoms with Crippen molar-refractivity contribution in [3.63, 3.8) is 0 Å². The van der Waals surface area contributed by atoms with Crippen LogP contribution in [-0.4, -0.2) is 25.3 Å². The molecule has 1 rings (SSSR count). The maximum absolute atomic E-state index is 9.94. The number of carbonyl (C=O) groups excluding carboxylic acids is 1. The van der Waals surface area contributed by atoms with Crippen LogP contribution >= 0.6 is 0 Å². The van der Waals surface area contributed by atoms with Crippen molar-refractivity contribution >= 4 is 6.08 Å². The Balaban J connectivity index is 2.38. The normalized spacial score (nSPS) is 31.0. The lowest BCUT2D eigenvalue weighted by atomic mass is 9.93. The van der Waals surface area contributed by atoms with E-state index >= 15 is 0 Å². The summed E-state index contributed by atoms with van der Waals surface area (Å²) in [5, 5.41) is 0. The number of aliphatic imine (C=N–C) groups is 1. The summed E-state index contributed by atoms with van der Waals surface area (Å²) in [7, 11) is 1.71. The Morgan fingerprint density at radius 3 is 3.00 bits per heavy atom. The predicted octanol–water partition coefficient (Wildman–Crippen LogP) is 1.28. The number of methoxy groups -OCH3 is 1. The maximum atomic E-state index is 9.94. The number of rotatable bonds is 2. The summed E-state index contributed by atoms with van der Waals surface area (Å²) >= 11 is 0. The van der Waals surface area contributed by atoms with Crippen molar-refractivity contribution in [2.75, 3.05) is 7.11 Å². The summed E-state index contributed by atoms with van der Waals surface area (Å²) in [6, 6.07) is 0.159. The summed E-state index contributed by atoms with van der Waals surface area (Å²) in [6.07, 6.45) is 5.99.